The Bertz CT molecular complexity index is 280. The summed E-state index contributed by atoms with van der Waals surface area (Å²) < 4.78 is 3.23. The molecule has 72 valence electrons. The predicted octanol–water partition coefficient (Wildman–Crippen LogP) is 1.80. The molecule has 0 saturated heterocycles. The smallest absolute Gasteiger partial charge is 0.0623 e. The Kier molecular flexibility index (Phi) is 2.88. The molecule has 0 radical (unpaired) electrons. The molecule has 0 aliphatic heterocycles. The van der Waals surface area contributed by atoms with Gasteiger partial charge in [0.1, 0.15) is 0 Å². The number of nitrogens with zero attached hydrogens (tertiary/aromatic N) is 2. The molecule has 0 amide bonds. The Hall–Kier alpha value is -0.100. The van der Waals surface area contributed by atoms with Gasteiger partial charge in [-0.25, -0.2) is 0 Å². The van der Waals surface area contributed by atoms with Crippen LogP contribution in [0.4, 0.5) is 0 Å². The van der Waals surface area contributed by atoms with E-state index in [4.69, 9.17) is 0 Å². The monoisotopic (exact) mass is 291 g/mol. The highest BCUT2D eigenvalue weighted by Crippen LogP contribution is 2.19. The highest BCUT2D eigenvalue weighted by Gasteiger charge is 2.21. The van der Waals surface area contributed by atoms with Crippen LogP contribution >= 0.6 is 22.6 Å². The van der Waals surface area contributed by atoms with Crippen LogP contribution in [0.3, 0.4) is 0 Å². The normalized spacial score (nSPS) is 18.9. The lowest BCUT2D eigenvalue weighted by molar-refractivity contribution is 0.452. The summed E-state index contributed by atoms with van der Waals surface area (Å²) in [5.41, 5.74) is 0. The first kappa shape index (κ1) is 9.45. The molecular weight excluding hydrogens is 277 g/mol. The minimum absolute atomic E-state index is 0.462. The van der Waals surface area contributed by atoms with Crippen LogP contribution in [-0.4, -0.2) is 22.4 Å². The van der Waals surface area contributed by atoms with Gasteiger partial charge in [0.05, 0.1) is 15.8 Å². The maximum absolute atomic E-state index is 4.28. The zero-order valence-electron chi connectivity index (χ0n) is 7.70. The Morgan fingerprint density at radius 1 is 1.77 bits per heavy atom. The van der Waals surface area contributed by atoms with Crippen molar-refractivity contribution in [3.8, 4) is 0 Å². The van der Waals surface area contributed by atoms with Gasteiger partial charge in [-0.2, -0.15) is 5.10 Å². The molecule has 1 N–H and O–H groups in total. The quantitative estimate of drug-likeness (QED) is 0.857. The molecule has 1 unspecified atom stereocenters. The summed E-state index contributed by atoms with van der Waals surface area (Å²) in [4.78, 5) is 0. The Morgan fingerprint density at radius 2 is 2.54 bits per heavy atom. The van der Waals surface area contributed by atoms with Gasteiger partial charge in [0, 0.05) is 18.8 Å². The van der Waals surface area contributed by atoms with Crippen molar-refractivity contribution in [2.24, 2.45) is 0 Å². The van der Waals surface area contributed by atoms with Crippen LogP contribution in [0.2, 0.25) is 0 Å². The number of halogens is 1. The SMILES string of the molecule is CC(CNC1CC1)n1cc(I)cn1. The zero-order chi connectivity index (χ0) is 9.26. The highest BCUT2D eigenvalue weighted by atomic mass is 127. The van der Waals surface area contributed by atoms with E-state index in [0.29, 0.717) is 6.04 Å². The van der Waals surface area contributed by atoms with Crippen molar-refractivity contribution >= 4 is 22.6 Å². The summed E-state index contributed by atoms with van der Waals surface area (Å²) in [6, 6.07) is 1.25. The fraction of sp³-hybridized carbons (Fsp3) is 0.667. The van der Waals surface area contributed by atoms with E-state index in [9.17, 15) is 0 Å². The molecule has 1 fully saturated rings. The Morgan fingerprint density at radius 3 is 3.08 bits per heavy atom. The minimum Gasteiger partial charge on any atom is -0.312 e. The van der Waals surface area contributed by atoms with E-state index in [1.807, 2.05) is 10.9 Å². The van der Waals surface area contributed by atoms with Crippen LogP contribution in [-0.2, 0) is 0 Å². The van der Waals surface area contributed by atoms with Crippen molar-refractivity contribution in [2.75, 3.05) is 6.54 Å². The molecule has 2 rings (SSSR count). The average Bonchev–Trinajstić information content (AvgIpc) is 2.84. The fourth-order valence-electron chi connectivity index (χ4n) is 1.27. The maximum Gasteiger partial charge on any atom is 0.0623 e. The summed E-state index contributed by atoms with van der Waals surface area (Å²) in [5.74, 6) is 0. The topological polar surface area (TPSA) is 29.9 Å². The highest BCUT2D eigenvalue weighted by molar-refractivity contribution is 14.1. The third kappa shape index (κ3) is 2.67. The summed E-state index contributed by atoms with van der Waals surface area (Å²) in [6.45, 7) is 3.22. The summed E-state index contributed by atoms with van der Waals surface area (Å²) in [6.07, 6.45) is 6.68. The van der Waals surface area contributed by atoms with Crippen molar-refractivity contribution in [2.45, 2.75) is 31.8 Å². The third-order valence-corrected chi connectivity index (χ3v) is 2.86. The van der Waals surface area contributed by atoms with Crippen LogP contribution in [0.5, 0.6) is 0 Å². The van der Waals surface area contributed by atoms with Crippen molar-refractivity contribution < 1.29 is 0 Å². The number of rotatable bonds is 4. The van der Waals surface area contributed by atoms with Crippen LogP contribution in [0.15, 0.2) is 12.4 Å². The van der Waals surface area contributed by atoms with E-state index in [2.05, 4.69) is 46.1 Å². The number of hydrogen-bond donors (Lipinski definition) is 1. The zero-order valence-corrected chi connectivity index (χ0v) is 9.86. The van der Waals surface area contributed by atoms with E-state index < -0.39 is 0 Å². The van der Waals surface area contributed by atoms with Gasteiger partial charge in [0.25, 0.3) is 0 Å². The van der Waals surface area contributed by atoms with Gasteiger partial charge in [-0.15, -0.1) is 0 Å². The van der Waals surface area contributed by atoms with Gasteiger partial charge in [-0.05, 0) is 42.4 Å². The van der Waals surface area contributed by atoms with E-state index >= 15 is 0 Å². The molecule has 3 nitrogen and oxygen atoms in total. The second-order valence-corrected chi connectivity index (χ2v) is 4.92. The molecule has 1 atom stereocenters. The molecule has 1 aliphatic carbocycles. The minimum atomic E-state index is 0.462. The number of hydrogen-bond acceptors (Lipinski definition) is 2. The molecule has 1 aliphatic rings. The van der Waals surface area contributed by atoms with Crippen LogP contribution in [0.25, 0.3) is 0 Å². The molecule has 4 heteroatoms. The number of aromatic nitrogens is 2. The fourth-order valence-corrected chi connectivity index (χ4v) is 1.68. The molecule has 0 aromatic carbocycles. The summed E-state index contributed by atoms with van der Waals surface area (Å²) >= 11 is 2.28. The Balaban J connectivity index is 1.84. The van der Waals surface area contributed by atoms with Crippen LogP contribution in [0.1, 0.15) is 25.8 Å². The molecule has 1 saturated carbocycles. The lowest BCUT2D eigenvalue weighted by Crippen LogP contribution is -2.25. The summed E-state index contributed by atoms with van der Waals surface area (Å²) in [5, 5.41) is 7.78. The van der Waals surface area contributed by atoms with Crippen LogP contribution in [0, 0.1) is 3.57 Å². The molecule has 0 spiro atoms. The molecular formula is C9H14IN3. The standard InChI is InChI=1S/C9H14IN3/c1-7(4-11-9-2-3-9)13-6-8(10)5-12-13/h5-7,9,11H,2-4H2,1H3. The maximum atomic E-state index is 4.28. The molecule has 0 bridgehead atoms. The van der Waals surface area contributed by atoms with E-state index in [1.54, 1.807) is 0 Å². The molecule has 13 heavy (non-hydrogen) atoms. The molecule has 1 aromatic rings. The van der Waals surface area contributed by atoms with Gasteiger partial charge >= 0.3 is 0 Å². The number of nitrogens with one attached hydrogen (secondary N) is 1. The summed E-state index contributed by atoms with van der Waals surface area (Å²) in [7, 11) is 0. The first-order valence-electron chi connectivity index (χ1n) is 4.69. The van der Waals surface area contributed by atoms with Crippen molar-refractivity contribution in [1.82, 2.24) is 15.1 Å². The van der Waals surface area contributed by atoms with Gasteiger partial charge in [0.2, 0.25) is 0 Å². The largest absolute Gasteiger partial charge is 0.312 e. The molecule has 1 heterocycles. The molecule has 1 aromatic heterocycles. The van der Waals surface area contributed by atoms with Crippen LogP contribution < -0.4 is 5.32 Å². The second kappa shape index (κ2) is 3.96. The van der Waals surface area contributed by atoms with Crippen molar-refractivity contribution in [3.63, 3.8) is 0 Å². The van der Waals surface area contributed by atoms with Crippen molar-refractivity contribution in [1.29, 1.82) is 0 Å². The second-order valence-electron chi connectivity index (χ2n) is 3.67. The van der Waals surface area contributed by atoms with E-state index in [0.717, 1.165) is 12.6 Å². The lowest BCUT2D eigenvalue weighted by atomic mass is 10.3. The van der Waals surface area contributed by atoms with Gasteiger partial charge in [0.15, 0.2) is 0 Å². The van der Waals surface area contributed by atoms with Gasteiger partial charge in [-0.1, -0.05) is 0 Å². The first-order valence-corrected chi connectivity index (χ1v) is 5.76. The van der Waals surface area contributed by atoms with E-state index in [1.165, 1.54) is 16.4 Å². The third-order valence-electron chi connectivity index (χ3n) is 2.30. The first-order chi connectivity index (χ1) is 6.25. The Labute approximate surface area is 92.0 Å². The van der Waals surface area contributed by atoms with E-state index in [-0.39, 0.29) is 0 Å². The van der Waals surface area contributed by atoms with Gasteiger partial charge < -0.3 is 5.32 Å². The van der Waals surface area contributed by atoms with Crippen molar-refractivity contribution in [3.05, 3.63) is 16.0 Å². The predicted molar refractivity (Wildman–Crippen MR) is 60.7 cm³/mol. The average molecular weight is 291 g/mol. The lowest BCUT2D eigenvalue weighted by Gasteiger charge is -2.12. The van der Waals surface area contributed by atoms with Gasteiger partial charge in [-0.3, -0.25) is 4.68 Å².